The summed E-state index contributed by atoms with van der Waals surface area (Å²) < 4.78 is 31.1. The summed E-state index contributed by atoms with van der Waals surface area (Å²) >= 11 is 1.94. The molecular formula is C20H29N3O3S2. The highest BCUT2D eigenvalue weighted by molar-refractivity contribution is 7.90. The number of nitrogens with zero attached hydrogens (tertiary/aromatic N) is 2. The number of hydrogen-bond acceptors (Lipinski definition) is 6. The first-order valence-corrected chi connectivity index (χ1v) is 12.9. The molecule has 8 heteroatoms. The van der Waals surface area contributed by atoms with E-state index in [1.54, 1.807) is 4.68 Å². The number of nitrogens with one attached hydrogen (secondary N) is 1. The van der Waals surface area contributed by atoms with E-state index in [-0.39, 0.29) is 17.4 Å². The van der Waals surface area contributed by atoms with Gasteiger partial charge in [0.15, 0.2) is 0 Å². The van der Waals surface area contributed by atoms with E-state index in [1.165, 1.54) is 21.6 Å². The number of fused-ring (bicyclic) bond motifs is 2. The van der Waals surface area contributed by atoms with Crippen LogP contribution in [0.25, 0.3) is 0 Å². The Bertz CT molecular complexity index is 950. The molecule has 2 aliphatic heterocycles. The van der Waals surface area contributed by atoms with Crippen molar-refractivity contribution < 1.29 is 13.2 Å². The lowest BCUT2D eigenvalue weighted by atomic mass is 9.76. The van der Waals surface area contributed by atoms with Crippen LogP contribution in [0.4, 0.5) is 0 Å². The summed E-state index contributed by atoms with van der Waals surface area (Å²) in [6.07, 6.45) is 9.02. The number of sulfone groups is 1. The summed E-state index contributed by atoms with van der Waals surface area (Å²) in [6, 6.07) is 2.84. The van der Waals surface area contributed by atoms with Crippen molar-refractivity contribution in [1.82, 2.24) is 15.1 Å². The smallest absolute Gasteiger partial charge is 0.149 e. The fraction of sp³-hybridized carbons (Fsp3) is 0.650. The topological polar surface area (TPSA) is 73.2 Å². The number of aryl methyl sites for hydroxylation is 2. The molecule has 0 radical (unpaired) electrons. The van der Waals surface area contributed by atoms with Crippen molar-refractivity contribution in [2.75, 3.05) is 18.6 Å². The number of rotatable bonds is 5. The highest BCUT2D eigenvalue weighted by Gasteiger charge is 2.45. The zero-order valence-electron chi connectivity index (χ0n) is 16.8. The second-order valence-corrected chi connectivity index (χ2v) is 11.7. The average molecular weight is 424 g/mol. The minimum absolute atomic E-state index is 0.105. The van der Waals surface area contributed by atoms with E-state index in [2.05, 4.69) is 30.3 Å². The number of ether oxygens (including phenoxy) is 1. The van der Waals surface area contributed by atoms with Crippen molar-refractivity contribution >= 4 is 21.2 Å². The zero-order valence-corrected chi connectivity index (χ0v) is 18.4. The molecule has 0 aliphatic carbocycles. The Labute approximate surface area is 171 Å². The van der Waals surface area contributed by atoms with Gasteiger partial charge in [0.1, 0.15) is 9.84 Å². The molecule has 0 bridgehead atoms. The molecule has 6 nitrogen and oxygen atoms in total. The Balaban J connectivity index is 1.58. The summed E-state index contributed by atoms with van der Waals surface area (Å²) in [5.41, 5.74) is 2.26. The van der Waals surface area contributed by atoms with Crippen LogP contribution in [0, 0.1) is 0 Å². The second kappa shape index (κ2) is 7.55. The molecule has 28 heavy (non-hydrogen) atoms. The average Bonchev–Trinajstić information content (AvgIpc) is 3.26. The van der Waals surface area contributed by atoms with Crippen molar-refractivity contribution in [1.29, 1.82) is 0 Å². The van der Waals surface area contributed by atoms with E-state index in [9.17, 15) is 8.42 Å². The van der Waals surface area contributed by atoms with Gasteiger partial charge in [-0.05, 0) is 31.4 Å². The largest absolute Gasteiger partial charge is 0.370 e. The van der Waals surface area contributed by atoms with Crippen LogP contribution in [-0.2, 0) is 39.6 Å². The van der Waals surface area contributed by atoms with Crippen molar-refractivity contribution in [3.63, 3.8) is 0 Å². The van der Waals surface area contributed by atoms with Crippen molar-refractivity contribution in [2.45, 2.75) is 63.8 Å². The first-order valence-electron chi connectivity index (χ1n) is 10.00. The lowest BCUT2D eigenvalue weighted by Gasteiger charge is -2.46. The third kappa shape index (κ3) is 4.06. The first kappa shape index (κ1) is 20.1. The van der Waals surface area contributed by atoms with Crippen LogP contribution >= 0.6 is 11.3 Å². The quantitative estimate of drug-likeness (QED) is 0.801. The minimum atomic E-state index is -3.00. The summed E-state index contributed by atoms with van der Waals surface area (Å²) in [7, 11) is -3.00. The third-order valence-corrected chi connectivity index (χ3v) is 8.07. The normalized spacial score (nSPS) is 27.8. The molecule has 0 aromatic carbocycles. The highest BCUT2D eigenvalue weighted by atomic mass is 32.2. The lowest BCUT2D eigenvalue weighted by molar-refractivity contribution is -0.0975. The van der Waals surface area contributed by atoms with Gasteiger partial charge in [0.05, 0.1) is 30.7 Å². The van der Waals surface area contributed by atoms with Gasteiger partial charge in [-0.15, -0.1) is 11.3 Å². The van der Waals surface area contributed by atoms with E-state index in [0.717, 1.165) is 37.9 Å². The Kier molecular flexibility index (Phi) is 5.41. The number of aromatic nitrogens is 2. The van der Waals surface area contributed by atoms with Gasteiger partial charge < -0.3 is 10.1 Å². The van der Waals surface area contributed by atoms with Crippen LogP contribution in [0.5, 0.6) is 0 Å². The van der Waals surface area contributed by atoms with Crippen LogP contribution in [0.1, 0.15) is 53.6 Å². The van der Waals surface area contributed by atoms with Gasteiger partial charge >= 0.3 is 0 Å². The fourth-order valence-electron chi connectivity index (χ4n) is 4.51. The molecule has 2 aromatic rings. The first-order chi connectivity index (χ1) is 13.3. The summed E-state index contributed by atoms with van der Waals surface area (Å²) in [5.74, 6) is 0.105. The van der Waals surface area contributed by atoms with Crippen LogP contribution in [0.2, 0.25) is 0 Å². The number of hydrogen-bond donors (Lipinski definition) is 1. The molecule has 3 unspecified atom stereocenters. The standard InChI is InChI=1S/C20H29N3O3S2/c1-4-16-9-17-19(27-16)5-7-26-20(17)10-14(2)22-18(11-20)15-12-21-23(13-15)6-8-28(3,24)25/h9,12-14,18,22H,4-8,10-11H2,1-3H3. The summed E-state index contributed by atoms with van der Waals surface area (Å²) in [4.78, 5) is 2.92. The predicted octanol–water partition coefficient (Wildman–Crippen LogP) is 2.83. The molecule has 2 aromatic heterocycles. The molecule has 0 amide bonds. The Morgan fingerprint density at radius 2 is 2.25 bits per heavy atom. The van der Waals surface area contributed by atoms with Gasteiger partial charge in [-0.25, -0.2) is 8.42 Å². The van der Waals surface area contributed by atoms with Crippen molar-refractivity contribution in [3.8, 4) is 0 Å². The molecule has 1 fully saturated rings. The molecule has 0 saturated carbocycles. The van der Waals surface area contributed by atoms with E-state index < -0.39 is 9.84 Å². The van der Waals surface area contributed by atoms with Crippen LogP contribution in [0.15, 0.2) is 18.5 Å². The lowest BCUT2D eigenvalue weighted by Crippen LogP contribution is -2.49. The molecule has 1 saturated heterocycles. The molecule has 1 spiro atoms. The molecule has 154 valence electrons. The van der Waals surface area contributed by atoms with E-state index in [0.29, 0.717) is 12.6 Å². The van der Waals surface area contributed by atoms with Crippen LogP contribution < -0.4 is 5.32 Å². The highest BCUT2D eigenvalue weighted by Crippen LogP contribution is 2.48. The molecule has 3 atom stereocenters. The van der Waals surface area contributed by atoms with Gasteiger partial charge in [0.2, 0.25) is 0 Å². The molecular weight excluding hydrogens is 394 g/mol. The Morgan fingerprint density at radius 3 is 3.00 bits per heavy atom. The monoisotopic (exact) mass is 423 g/mol. The van der Waals surface area contributed by atoms with E-state index in [4.69, 9.17) is 4.74 Å². The SMILES string of the molecule is CCc1cc2c(s1)CCOC21CC(C)NC(c2cnn(CCS(C)(=O)=O)c2)C1. The Hall–Kier alpha value is -1.22. The number of thiophene rings is 1. The van der Waals surface area contributed by atoms with Gasteiger partial charge in [-0.1, -0.05) is 6.92 Å². The van der Waals surface area contributed by atoms with Gasteiger partial charge in [0.25, 0.3) is 0 Å². The molecule has 2 aliphatic rings. The van der Waals surface area contributed by atoms with Gasteiger partial charge in [-0.3, -0.25) is 4.68 Å². The van der Waals surface area contributed by atoms with E-state index in [1.807, 2.05) is 23.7 Å². The minimum Gasteiger partial charge on any atom is -0.370 e. The van der Waals surface area contributed by atoms with Crippen molar-refractivity contribution in [3.05, 3.63) is 39.3 Å². The summed E-state index contributed by atoms with van der Waals surface area (Å²) in [5, 5.41) is 8.08. The van der Waals surface area contributed by atoms with Gasteiger partial charge in [-0.2, -0.15) is 5.10 Å². The fourth-order valence-corrected chi connectivity index (χ4v) is 6.21. The second-order valence-electron chi connectivity index (χ2n) is 8.19. The van der Waals surface area contributed by atoms with Crippen LogP contribution in [-0.4, -0.2) is 42.9 Å². The maximum Gasteiger partial charge on any atom is 0.149 e. The molecule has 4 heterocycles. The molecule has 1 N–H and O–H groups in total. The maximum absolute atomic E-state index is 11.4. The molecule has 4 rings (SSSR count). The van der Waals surface area contributed by atoms with Crippen LogP contribution in [0.3, 0.4) is 0 Å². The zero-order chi connectivity index (χ0) is 19.9. The predicted molar refractivity (Wildman–Crippen MR) is 112 cm³/mol. The van der Waals surface area contributed by atoms with Crippen molar-refractivity contribution in [2.24, 2.45) is 0 Å². The maximum atomic E-state index is 11.4. The van der Waals surface area contributed by atoms with Gasteiger partial charge in [0, 0.05) is 52.7 Å². The summed E-state index contributed by atoms with van der Waals surface area (Å²) in [6.45, 7) is 5.59. The van der Waals surface area contributed by atoms with E-state index >= 15 is 0 Å². The number of piperidine rings is 1. The Morgan fingerprint density at radius 1 is 1.43 bits per heavy atom. The third-order valence-electron chi connectivity index (χ3n) is 5.81.